The molecule has 2 rings (SSSR count). The van der Waals surface area contributed by atoms with Gasteiger partial charge in [-0.05, 0) is 19.1 Å². The van der Waals surface area contributed by atoms with Gasteiger partial charge in [0.25, 0.3) is 0 Å². The fourth-order valence-corrected chi connectivity index (χ4v) is 2.30. The molecule has 2 heterocycles. The summed E-state index contributed by atoms with van der Waals surface area (Å²) >= 11 is 0. The van der Waals surface area contributed by atoms with Gasteiger partial charge in [0.15, 0.2) is 0 Å². The first-order valence-electron chi connectivity index (χ1n) is 6.73. The number of carbonyl (C=O) groups is 2. The van der Waals surface area contributed by atoms with Crippen LogP contribution in [0.5, 0.6) is 0 Å². The second kappa shape index (κ2) is 6.53. The lowest BCUT2D eigenvalue weighted by molar-refractivity contribution is -0.142. The Labute approximate surface area is 122 Å². The summed E-state index contributed by atoms with van der Waals surface area (Å²) in [5, 5.41) is 11.8. The third kappa shape index (κ3) is 3.69. The van der Waals surface area contributed by atoms with E-state index in [0.717, 1.165) is 11.4 Å². The van der Waals surface area contributed by atoms with Crippen molar-refractivity contribution in [1.29, 1.82) is 0 Å². The lowest BCUT2D eigenvalue weighted by Gasteiger charge is -2.26. The fraction of sp³-hybridized carbons (Fsp3) is 0.500. The molecule has 0 aromatic carbocycles. The van der Waals surface area contributed by atoms with Crippen molar-refractivity contribution in [3.05, 3.63) is 29.6 Å². The van der Waals surface area contributed by atoms with Gasteiger partial charge in [-0.2, -0.15) is 0 Å². The van der Waals surface area contributed by atoms with Crippen LogP contribution in [0.25, 0.3) is 0 Å². The number of rotatable bonds is 4. The van der Waals surface area contributed by atoms with Crippen LogP contribution in [0.15, 0.2) is 18.2 Å². The molecule has 1 aliphatic heterocycles. The second-order valence-corrected chi connectivity index (χ2v) is 5.09. The number of carboxylic acids is 1. The summed E-state index contributed by atoms with van der Waals surface area (Å²) in [6, 6.07) is 4.79. The molecule has 0 aliphatic carbocycles. The molecule has 114 valence electrons. The molecule has 2 amide bonds. The number of aromatic nitrogens is 1. The highest BCUT2D eigenvalue weighted by Crippen LogP contribution is 2.19. The first-order valence-corrected chi connectivity index (χ1v) is 6.73. The molecule has 1 aliphatic rings. The van der Waals surface area contributed by atoms with Gasteiger partial charge >= 0.3 is 12.0 Å². The zero-order valence-electron chi connectivity index (χ0n) is 12.1. The molecule has 2 N–H and O–H groups in total. The van der Waals surface area contributed by atoms with E-state index in [1.165, 1.54) is 4.90 Å². The van der Waals surface area contributed by atoms with Crippen molar-refractivity contribution in [2.75, 3.05) is 20.3 Å². The molecule has 0 radical (unpaired) electrons. The van der Waals surface area contributed by atoms with Crippen molar-refractivity contribution in [1.82, 2.24) is 15.2 Å². The van der Waals surface area contributed by atoms with Crippen molar-refractivity contribution >= 4 is 12.0 Å². The Morgan fingerprint density at radius 2 is 2.24 bits per heavy atom. The standard InChI is InChI=1S/C14H19N3O4/c1-9-4-3-5-10(16-9)6-15-14(20)17(2)12-8-21-7-11(12)13(18)19/h3-5,11-12H,6-8H2,1-2H3,(H,15,20)(H,18,19). The van der Waals surface area contributed by atoms with E-state index in [1.807, 2.05) is 25.1 Å². The number of hydrogen-bond acceptors (Lipinski definition) is 4. The lowest BCUT2D eigenvalue weighted by Crippen LogP contribution is -2.48. The third-order valence-electron chi connectivity index (χ3n) is 3.55. The highest BCUT2D eigenvalue weighted by Gasteiger charge is 2.38. The van der Waals surface area contributed by atoms with Gasteiger partial charge in [0.05, 0.1) is 31.5 Å². The summed E-state index contributed by atoms with van der Waals surface area (Å²) in [5.41, 5.74) is 1.64. The quantitative estimate of drug-likeness (QED) is 0.849. The molecule has 0 spiro atoms. The minimum atomic E-state index is -0.947. The molecule has 2 atom stereocenters. The van der Waals surface area contributed by atoms with Gasteiger partial charge in [0, 0.05) is 12.7 Å². The summed E-state index contributed by atoms with van der Waals surface area (Å²) in [5.74, 6) is -1.63. The van der Waals surface area contributed by atoms with E-state index in [2.05, 4.69) is 10.3 Å². The first kappa shape index (κ1) is 15.2. The monoisotopic (exact) mass is 293 g/mol. The Morgan fingerprint density at radius 1 is 1.48 bits per heavy atom. The molecule has 7 nitrogen and oxygen atoms in total. The second-order valence-electron chi connectivity index (χ2n) is 5.09. The predicted molar refractivity (Wildman–Crippen MR) is 74.7 cm³/mol. The number of hydrogen-bond donors (Lipinski definition) is 2. The third-order valence-corrected chi connectivity index (χ3v) is 3.55. The number of nitrogens with zero attached hydrogens (tertiary/aromatic N) is 2. The maximum Gasteiger partial charge on any atom is 0.317 e. The van der Waals surface area contributed by atoms with Crippen LogP contribution in [0.4, 0.5) is 4.79 Å². The molecular weight excluding hydrogens is 274 g/mol. The number of ether oxygens (including phenoxy) is 1. The maximum atomic E-state index is 12.1. The summed E-state index contributed by atoms with van der Waals surface area (Å²) in [7, 11) is 1.58. The SMILES string of the molecule is Cc1cccc(CNC(=O)N(C)C2COCC2C(=O)O)n1. The molecule has 1 saturated heterocycles. The Kier molecular flexibility index (Phi) is 4.74. The number of carboxylic acid groups (broad SMARTS) is 1. The summed E-state index contributed by atoms with van der Waals surface area (Å²) in [6.07, 6.45) is 0. The smallest absolute Gasteiger partial charge is 0.317 e. The van der Waals surface area contributed by atoms with Crippen LogP contribution in [-0.4, -0.2) is 53.3 Å². The molecule has 0 saturated carbocycles. The van der Waals surface area contributed by atoms with Crippen LogP contribution in [-0.2, 0) is 16.1 Å². The minimum absolute atomic E-state index is 0.136. The molecule has 7 heteroatoms. The van der Waals surface area contributed by atoms with Gasteiger partial charge in [-0.15, -0.1) is 0 Å². The zero-order valence-corrected chi connectivity index (χ0v) is 12.1. The van der Waals surface area contributed by atoms with Crippen molar-refractivity contribution < 1.29 is 19.4 Å². The van der Waals surface area contributed by atoms with E-state index in [1.54, 1.807) is 7.05 Å². The van der Waals surface area contributed by atoms with Crippen molar-refractivity contribution in [2.45, 2.75) is 19.5 Å². The summed E-state index contributed by atoms with van der Waals surface area (Å²) in [4.78, 5) is 28.9. The van der Waals surface area contributed by atoms with E-state index in [-0.39, 0.29) is 19.2 Å². The van der Waals surface area contributed by atoms with Gasteiger partial charge in [0.1, 0.15) is 5.92 Å². The molecular formula is C14H19N3O4. The first-order chi connectivity index (χ1) is 9.99. The lowest BCUT2D eigenvalue weighted by atomic mass is 10.0. The van der Waals surface area contributed by atoms with Crippen molar-refractivity contribution in [2.24, 2.45) is 5.92 Å². The number of carbonyl (C=O) groups excluding carboxylic acids is 1. The number of likely N-dealkylation sites (N-methyl/N-ethyl adjacent to an activating group) is 1. The molecule has 1 fully saturated rings. The fourth-order valence-electron chi connectivity index (χ4n) is 2.30. The van der Waals surface area contributed by atoms with Gasteiger partial charge in [0.2, 0.25) is 0 Å². The number of aliphatic carboxylic acids is 1. The normalized spacial score (nSPS) is 21.0. The van der Waals surface area contributed by atoms with E-state index >= 15 is 0 Å². The van der Waals surface area contributed by atoms with Gasteiger partial charge in [-0.25, -0.2) is 4.79 Å². The van der Waals surface area contributed by atoms with Crippen molar-refractivity contribution in [3.63, 3.8) is 0 Å². The van der Waals surface area contributed by atoms with E-state index in [0.29, 0.717) is 6.54 Å². The van der Waals surface area contributed by atoms with E-state index < -0.39 is 17.9 Å². The van der Waals surface area contributed by atoms with Crippen LogP contribution in [0.1, 0.15) is 11.4 Å². The van der Waals surface area contributed by atoms with Crippen LogP contribution in [0.2, 0.25) is 0 Å². The number of amides is 2. The summed E-state index contributed by atoms with van der Waals surface area (Å²) in [6.45, 7) is 2.56. The summed E-state index contributed by atoms with van der Waals surface area (Å²) < 4.78 is 5.17. The Bertz CT molecular complexity index is 535. The largest absolute Gasteiger partial charge is 0.481 e. The molecule has 1 aromatic rings. The van der Waals surface area contributed by atoms with Crippen LogP contribution < -0.4 is 5.32 Å². The van der Waals surface area contributed by atoms with Gasteiger partial charge < -0.3 is 20.1 Å². The highest BCUT2D eigenvalue weighted by molar-refractivity contribution is 5.77. The van der Waals surface area contributed by atoms with Gasteiger partial charge in [-0.1, -0.05) is 6.07 Å². The average molecular weight is 293 g/mol. The number of aryl methyl sites for hydroxylation is 1. The topological polar surface area (TPSA) is 91.8 Å². The Hall–Kier alpha value is -2.15. The molecule has 21 heavy (non-hydrogen) atoms. The molecule has 1 aromatic heterocycles. The average Bonchev–Trinajstić information content (AvgIpc) is 2.93. The number of pyridine rings is 1. The Balaban J connectivity index is 1.92. The van der Waals surface area contributed by atoms with E-state index in [4.69, 9.17) is 9.84 Å². The van der Waals surface area contributed by atoms with Crippen LogP contribution >= 0.6 is 0 Å². The number of nitrogens with one attached hydrogen (secondary N) is 1. The highest BCUT2D eigenvalue weighted by atomic mass is 16.5. The van der Waals surface area contributed by atoms with E-state index in [9.17, 15) is 9.59 Å². The molecule has 2 unspecified atom stereocenters. The zero-order chi connectivity index (χ0) is 15.4. The number of urea groups is 1. The van der Waals surface area contributed by atoms with Gasteiger partial charge in [-0.3, -0.25) is 9.78 Å². The van der Waals surface area contributed by atoms with Crippen molar-refractivity contribution in [3.8, 4) is 0 Å². The molecule has 0 bridgehead atoms. The minimum Gasteiger partial charge on any atom is -0.481 e. The maximum absolute atomic E-state index is 12.1. The Morgan fingerprint density at radius 3 is 2.90 bits per heavy atom. The van der Waals surface area contributed by atoms with Crippen LogP contribution in [0, 0.1) is 12.8 Å². The van der Waals surface area contributed by atoms with Crippen LogP contribution in [0.3, 0.4) is 0 Å². The predicted octanol–water partition coefficient (Wildman–Crippen LogP) is 0.631.